The molecule has 2 fully saturated rings. The van der Waals surface area contributed by atoms with E-state index in [0.29, 0.717) is 52.9 Å². The van der Waals surface area contributed by atoms with E-state index in [1.165, 1.54) is 16.2 Å². The summed E-state index contributed by atoms with van der Waals surface area (Å²) >= 11 is 1.17. The van der Waals surface area contributed by atoms with Crippen LogP contribution in [0.5, 0.6) is 0 Å². The van der Waals surface area contributed by atoms with Crippen molar-refractivity contribution in [1.82, 2.24) is 24.9 Å². The molecular formula is C42H44FN7O4S. The Balaban J connectivity index is 1.08. The van der Waals surface area contributed by atoms with Gasteiger partial charge in [0.2, 0.25) is 11.8 Å². The number of fused-ring (bicyclic) bond motifs is 2. The number of amides is 4. The minimum Gasteiger partial charge on any atom is -0.368 e. The Morgan fingerprint density at radius 3 is 2.42 bits per heavy atom. The zero-order chi connectivity index (χ0) is 38.7. The molecule has 55 heavy (non-hydrogen) atoms. The third-order valence-electron chi connectivity index (χ3n) is 11.2. The van der Waals surface area contributed by atoms with Crippen LogP contribution in [0.1, 0.15) is 58.7 Å². The van der Waals surface area contributed by atoms with Crippen molar-refractivity contribution in [2.75, 3.05) is 63.2 Å². The lowest BCUT2D eigenvalue weighted by Gasteiger charge is -2.38. The number of nitrogens with zero attached hydrogens (tertiary/aromatic N) is 6. The van der Waals surface area contributed by atoms with E-state index in [0.717, 1.165) is 76.4 Å². The van der Waals surface area contributed by atoms with Crippen LogP contribution in [0, 0.1) is 19.7 Å². The lowest BCUT2D eigenvalue weighted by Crippen LogP contribution is -2.46. The van der Waals surface area contributed by atoms with E-state index < -0.39 is 6.04 Å². The van der Waals surface area contributed by atoms with Gasteiger partial charge in [-0.25, -0.2) is 4.39 Å². The highest BCUT2D eigenvalue weighted by atomic mass is 32.1. The Labute approximate surface area is 323 Å². The maximum Gasteiger partial charge on any atom is 0.263 e. The van der Waals surface area contributed by atoms with Crippen LogP contribution in [0.2, 0.25) is 0 Å². The second-order valence-corrected chi connectivity index (χ2v) is 16.0. The number of rotatable bonds is 6. The third kappa shape index (κ3) is 6.53. The molecule has 1 unspecified atom stereocenters. The molecule has 8 rings (SSSR count). The van der Waals surface area contributed by atoms with Crippen molar-refractivity contribution >= 4 is 72.9 Å². The van der Waals surface area contributed by atoms with Crippen molar-refractivity contribution in [1.29, 1.82) is 0 Å². The molecule has 3 aliphatic heterocycles. The minimum atomic E-state index is -0.520. The van der Waals surface area contributed by atoms with Gasteiger partial charge in [-0.05, 0) is 85.4 Å². The topological polar surface area (TPSA) is 111 Å². The van der Waals surface area contributed by atoms with Gasteiger partial charge >= 0.3 is 0 Å². The molecule has 2 saturated heterocycles. The van der Waals surface area contributed by atoms with Gasteiger partial charge in [0, 0.05) is 94.4 Å². The summed E-state index contributed by atoms with van der Waals surface area (Å²) in [6, 6.07) is 15.7. The van der Waals surface area contributed by atoms with Crippen LogP contribution >= 0.6 is 11.3 Å². The van der Waals surface area contributed by atoms with Gasteiger partial charge in [-0.3, -0.25) is 29.2 Å². The summed E-state index contributed by atoms with van der Waals surface area (Å²) in [6.45, 7) is 9.69. The fourth-order valence-electron chi connectivity index (χ4n) is 8.28. The number of imide groups is 1. The first-order valence-electron chi connectivity index (χ1n) is 18.7. The average Bonchev–Trinajstić information content (AvgIpc) is 3.77. The van der Waals surface area contributed by atoms with Crippen molar-refractivity contribution in [3.63, 3.8) is 0 Å². The van der Waals surface area contributed by atoms with Gasteiger partial charge in [0.25, 0.3) is 11.8 Å². The van der Waals surface area contributed by atoms with Gasteiger partial charge in [0.1, 0.15) is 11.9 Å². The fourth-order valence-corrected chi connectivity index (χ4v) is 9.42. The fraction of sp³-hybridized carbons (Fsp3) is 0.357. The second-order valence-electron chi connectivity index (χ2n) is 14.9. The smallest absolute Gasteiger partial charge is 0.263 e. The summed E-state index contributed by atoms with van der Waals surface area (Å²) in [7, 11) is 3.39. The SMILES string of the molecule is CC(=O)N1CCC=C(c2cc(-c3ccc(N4CCN(c5cccc6c5c(C)nn6C5CCC(=O)NC5=O)CC4)cc3C)c3cc(C(=O)N(C)C)sc3c2F)C1. The van der Waals surface area contributed by atoms with E-state index in [1.807, 2.05) is 37.3 Å². The van der Waals surface area contributed by atoms with E-state index in [1.54, 1.807) is 30.6 Å². The first kappa shape index (κ1) is 36.4. The van der Waals surface area contributed by atoms with Gasteiger partial charge in [0.05, 0.1) is 20.8 Å². The maximum absolute atomic E-state index is 16.4. The van der Waals surface area contributed by atoms with Crippen LogP contribution in [0.15, 0.2) is 54.6 Å². The number of piperazine rings is 1. The average molecular weight is 762 g/mol. The summed E-state index contributed by atoms with van der Waals surface area (Å²) in [4.78, 5) is 58.3. The number of halogens is 1. The molecule has 4 amide bonds. The van der Waals surface area contributed by atoms with Gasteiger partial charge < -0.3 is 19.6 Å². The highest BCUT2D eigenvalue weighted by Crippen LogP contribution is 2.42. The summed E-state index contributed by atoms with van der Waals surface area (Å²) < 4.78 is 18.7. The number of hydrogen-bond acceptors (Lipinski definition) is 8. The number of anilines is 2. The molecule has 0 radical (unpaired) electrons. The Morgan fingerprint density at radius 2 is 1.71 bits per heavy atom. The maximum atomic E-state index is 16.4. The van der Waals surface area contributed by atoms with E-state index in [2.05, 4.69) is 46.3 Å². The van der Waals surface area contributed by atoms with Crippen molar-refractivity contribution in [3.05, 3.63) is 82.1 Å². The van der Waals surface area contributed by atoms with Crippen LogP contribution < -0.4 is 15.1 Å². The van der Waals surface area contributed by atoms with E-state index in [4.69, 9.17) is 5.10 Å². The van der Waals surface area contributed by atoms with Gasteiger partial charge in [-0.1, -0.05) is 18.2 Å². The van der Waals surface area contributed by atoms with E-state index in [9.17, 15) is 19.2 Å². The molecule has 284 valence electrons. The second kappa shape index (κ2) is 14.3. The molecule has 0 aliphatic carbocycles. The number of nitrogens with one attached hydrogen (secondary N) is 1. The number of thiophene rings is 1. The monoisotopic (exact) mass is 761 g/mol. The molecule has 0 bridgehead atoms. The highest BCUT2D eigenvalue weighted by Gasteiger charge is 2.32. The summed E-state index contributed by atoms with van der Waals surface area (Å²) in [5.74, 6) is -1.13. The Hall–Kier alpha value is -5.56. The van der Waals surface area contributed by atoms with Gasteiger partial charge in [-0.2, -0.15) is 5.10 Å². The lowest BCUT2D eigenvalue weighted by molar-refractivity contribution is -0.136. The lowest BCUT2D eigenvalue weighted by atomic mass is 9.91. The molecule has 5 aromatic rings. The quantitative estimate of drug-likeness (QED) is 0.202. The van der Waals surface area contributed by atoms with Crippen LogP contribution in [0.3, 0.4) is 0 Å². The molecule has 3 aromatic carbocycles. The molecule has 5 heterocycles. The molecule has 1 atom stereocenters. The number of piperidine rings is 1. The molecule has 3 aliphatic rings. The predicted octanol–water partition coefficient (Wildman–Crippen LogP) is 6.32. The predicted molar refractivity (Wildman–Crippen MR) is 215 cm³/mol. The molecular weight excluding hydrogens is 718 g/mol. The van der Waals surface area contributed by atoms with Gasteiger partial charge in [0.15, 0.2) is 0 Å². The molecule has 1 N–H and O–H groups in total. The Morgan fingerprint density at radius 1 is 0.945 bits per heavy atom. The summed E-state index contributed by atoms with van der Waals surface area (Å²) in [5.41, 5.74) is 8.01. The number of aromatic nitrogens is 2. The largest absolute Gasteiger partial charge is 0.368 e. The first-order chi connectivity index (χ1) is 26.4. The zero-order valence-corrected chi connectivity index (χ0v) is 32.6. The van der Waals surface area contributed by atoms with Crippen molar-refractivity contribution < 1.29 is 23.6 Å². The number of aryl methyl sites for hydroxylation is 2. The molecule has 11 nitrogen and oxygen atoms in total. The van der Waals surface area contributed by atoms with Crippen LogP contribution in [-0.4, -0.2) is 96.6 Å². The third-order valence-corrected chi connectivity index (χ3v) is 12.3. The van der Waals surface area contributed by atoms with Crippen LogP contribution in [-0.2, 0) is 14.4 Å². The number of benzene rings is 3. The Bertz CT molecular complexity index is 2440. The molecule has 0 spiro atoms. The minimum absolute atomic E-state index is 0.0392. The van der Waals surface area contributed by atoms with Crippen molar-refractivity contribution in [2.24, 2.45) is 0 Å². The molecule has 0 saturated carbocycles. The number of carbonyl (C=O) groups excluding carboxylic acids is 4. The first-order valence-corrected chi connectivity index (χ1v) is 19.6. The molecule has 2 aromatic heterocycles. The van der Waals surface area contributed by atoms with Gasteiger partial charge in [-0.15, -0.1) is 11.3 Å². The summed E-state index contributed by atoms with van der Waals surface area (Å²) in [6.07, 6.45) is 3.39. The zero-order valence-electron chi connectivity index (χ0n) is 31.7. The number of carbonyl (C=O) groups is 4. The van der Waals surface area contributed by atoms with Crippen LogP contribution in [0.25, 0.3) is 37.7 Å². The Kier molecular flexibility index (Phi) is 9.44. The van der Waals surface area contributed by atoms with Crippen molar-refractivity contribution in [3.8, 4) is 11.1 Å². The van der Waals surface area contributed by atoms with Crippen LogP contribution in [0.4, 0.5) is 15.8 Å². The molecule has 13 heteroatoms. The highest BCUT2D eigenvalue weighted by molar-refractivity contribution is 7.21. The summed E-state index contributed by atoms with van der Waals surface area (Å²) in [5, 5.41) is 8.96. The standard InChI is InChI=1S/C42H44FN7O4S/c1-24-20-28(47-16-18-48(19-17-47)33-9-6-10-34-38(33)25(2)45-50(34)35-13-14-37(52)44-41(35)53)11-12-29(24)31-21-30(27-8-7-15-49(23-27)26(3)51)39(43)40-32(31)22-36(55-40)42(54)46(4)5/h6,8-12,20-22,35H,7,13-19,23H2,1-5H3,(H,44,52,53). The van der Waals surface area contributed by atoms with E-state index in [-0.39, 0.29) is 29.4 Å². The number of hydrogen-bond donors (Lipinski definition) is 1. The van der Waals surface area contributed by atoms with E-state index >= 15 is 4.39 Å². The van der Waals surface area contributed by atoms with Crippen molar-refractivity contribution in [2.45, 2.75) is 46.1 Å². The normalized spacial score (nSPS) is 17.9.